The molecule has 1 atom stereocenters. The van der Waals surface area contributed by atoms with Crippen molar-refractivity contribution in [3.05, 3.63) is 65.0 Å². The molecule has 1 unspecified atom stereocenters. The van der Waals surface area contributed by atoms with Gasteiger partial charge in [-0.15, -0.1) is 0 Å². The molecule has 1 heterocycles. The number of methoxy groups -OCH3 is 2. The molecule has 1 aliphatic heterocycles. The van der Waals surface area contributed by atoms with Gasteiger partial charge in [0.25, 0.3) is 11.7 Å². The fraction of sp³-hybridized carbons (Fsp3) is 0.304. The average molecular weight is 428 g/mol. The zero-order valence-corrected chi connectivity index (χ0v) is 17.9. The SMILES string of the molecule is COc1ccc(OC)c(C2C(=C(O)c3ccc(F)cc3)C(=O)C(=O)N2CCN(C)C)c1. The number of nitrogens with zero attached hydrogens (tertiary/aromatic N) is 2. The summed E-state index contributed by atoms with van der Waals surface area (Å²) in [5, 5.41) is 11.0. The molecule has 2 aromatic rings. The number of carbonyl (C=O) groups is 2. The number of hydrogen-bond donors (Lipinski definition) is 1. The van der Waals surface area contributed by atoms with Crippen molar-refractivity contribution in [3.8, 4) is 11.5 Å². The molecule has 8 heteroatoms. The Bertz CT molecular complexity index is 1020. The number of ketones is 1. The van der Waals surface area contributed by atoms with Crippen LogP contribution in [0.1, 0.15) is 17.2 Å². The third-order valence-electron chi connectivity index (χ3n) is 5.18. The van der Waals surface area contributed by atoms with Crippen LogP contribution < -0.4 is 9.47 Å². The molecular weight excluding hydrogens is 403 g/mol. The van der Waals surface area contributed by atoms with Crippen molar-refractivity contribution in [1.29, 1.82) is 0 Å². The predicted octanol–water partition coefficient (Wildman–Crippen LogP) is 2.83. The summed E-state index contributed by atoms with van der Waals surface area (Å²) in [6.45, 7) is 0.759. The fourth-order valence-corrected chi connectivity index (χ4v) is 3.56. The van der Waals surface area contributed by atoms with E-state index in [2.05, 4.69) is 0 Å². The first-order chi connectivity index (χ1) is 14.8. The molecule has 0 bridgehead atoms. The van der Waals surface area contributed by atoms with E-state index in [1.165, 1.54) is 43.4 Å². The van der Waals surface area contributed by atoms with Gasteiger partial charge < -0.3 is 24.4 Å². The Morgan fingerprint density at radius 1 is 1.10 bits per heavy atom. The van der Waals surface area contributed by atoms with Crippen LogP contribution >= 0.6 is 0 Å². The Morgan fingerprint density at radius 2 is 1.77 bits per heavy atom. The standard InChI is InChI=1S/C23H25FN2O5/c1-25(2)11-12-26-20(17-13-16(30-3)9-10-18(17)31-4)19(22(28)23(26)29)21(27)14-5-7-15(24)8-6-14/h5-10,13,20,27H,11-12H2,1-4H3. The minimum absolute atomic E-state index is 0.0816. The number of amides is 1. The summed E-state index contributed by atoms with van der Waals surface area (Å²) in [6, 6.07) is 9.24. The summed E-state index contributed by atoms with van der Waals surface area (Å²) in [4.78, 5) is 29.2. The third-order valence-corrected chi connectivity index (χ3v) is 5.18. The van der Waals surface area contributed by atoms with E-state index in [1.54, 1.807) is 18.2 Å². The molecule has 164 valence electrons. The lowest BCUT2D eigenvalue weighted by Crippen LogP contribution is -2.35. The van der Waals surface area contributed by atoms with Crippen molar-refractivity contribution in [1.82, 2.24) is 9.80 Å². The van der Waals surface area contributed by atoms with Gasteiger partial charge in [-0.25, -0.2) is 4.39 Å². The van der Waals surface area contributed by atoms with E-state index in [-0.39, 0.29) is 23.4 Å². The number of hydrogen-bond acceptors (Lipinski definition) is 6. The van der Waals surface area contributed by atoms with Gasteiger partial charge in [-0.05, 0) is 56.6 Å². The number of likely N-dealkylation sites (tertiary alicyclic amines) is 1. The molecule has 1 saturated heterocycles. The maximum Gasteiger partial charge on any atom is 0.295 e. The van der Waals surface area contributed by atoms with Gasteiger partial charge in [0.2, 0.25) is 0 Å². The Balaban J connectivity index is 2.23. The number of benzene rings is 2. The van der Waals surface area contributed by atoms with Gasteiger partial charge >= 0.3 is 0 Å². The van der Waals surface area contributed by atoms with E-state index in [1.807, 2.05) is 19.0 Å². The van der Waals surface area contributed by atoms with Gasteiger partial charge in [-0.3, -0.25) is 9.59 Å². The highest BCUT2D eigenvalue weighted by atomic mass is 19.1. The van der Waals surface area contributed by atoms with Gasteiger partial charge in [0.15, 0.2) is 0 Å². The Hall–Kier alpha value is -3.39. The zero-order chi connectivity index (χ0) is 22.7. The van der Waals surface area contributed by atoms with Crippen molar-refractivity contribution in [3.63, 3.8) is 0 Å². The van der Waals surface area contributed by atoms with E-state index in [4.69, 9.17) is 9.47 Å². The summed E-state index contributed by atoms with van der Waals surface area (Å²) < 4.78 is 24.2. The molecule has 2 aromatic carbocycles. The van der Waals surface area contributed by atoms with Crippen LogP contribution in [0.5, 0.6) is 11.5 Å². The fourth-order valence-electron chi connectivity index (χ4n) is 3.56. The molecule has 0 aromatic heterocycles. The molecule has 31 heavy (non-hydrogen) atoms. The quantitative estimate of drug-likeness (QED) is 0.415. The molecule has 1 N–H and O–H groups in total. The topological polar surface area (TPSA) is 79.3 Å². The summed E-state index contributed by atoms with van der Waals surface area (Å²) in [5.74, 6) is -1.44. The van der Waals surface area contributed by atoms with Crippen molar-refractivity contribution in [2.45, 2.75) is 6.04 Å². The maximum atomic E-state index is 13.4. The van der Waals surface area contributed by atoms with Gasteiger partial charge in [-0.1, -0.05) is 0 Å². The Kier molecular flexibility index (Phi) is 6.60. The summed E-state index contributed by atoms with van der Waals surface area (Å²) in [5.41, 5.74) is 0.657. The van der Waals surface area contributed by atoms with Crippen LogP contribution in [0.4, 0.5) is 4.39 Å². The summed E-state index contributed by atoms with van der Waals surface area (Å²) in [6.07, 6.45) is 0. The molecule has 0 spiro atoms. The van der Waals surface area contributed by atoms with Crippen LogP contribution in [-0.2, 0) is 9.59 Å². The van der Waals surface area contributed by atoms with Crippen molar-refractivity contribution >= 4 is 17.4 Å². The van der Waals surface area contributed by atoms with Crippen LogP contribution in [-0.4, -0.2) is 68.0 Å². The lowest BCUT2D eigenvalue weighted by atomic mass is 9.94. The Labute approximate surface area is 180 Å². The molecule has 0 radical (unpaired) electrons. The Morgan fingerprint density at radius 3 is 2.35 bits per heavy atom. The summed E-state index contributed by atoms with van der Waals surface area (Å²) in [7, 11) is 6.71. The molecule has 1 amide bonds. The maximum absolute atomic E-state index is 13.4. The zero-order valence-electron chi connectivity index (χ0n) is 17.9. The largest absolute Gasteiger partial charge is 0.507 e. The highest BCUT2D eigenvalue weighted by molar-refractivity contribution is 6.46. The van der Waals surface area contributed by atoms with Crippen molar-refractivity contribution in [2.24, 2.45) is 0 Å². The van der Waals surface area contributed by atoms with Gasteiger partial charge in [0.1, 0.15) is 23.1 Å². The smallest absolute Gasteiger partial charge is 0.295 e. The monoisotopic (exact) mass is 428 g/mol. The van der Waals surface area contributed by atoms with Gasteiger partial charge in [0.05, 0.1) is 25.8 Å². The third kappa shape index (κ3) is 4.39. The molecular formula is C23H25FN2O5. The first-order valence-electron chi connectivity index (χ1n) is 9.69. The normalized spacial score (nSPS) is 18.0. The molecule has 0 saturated carbocycles. The van der Waals surface area contributed by atoms with E-state index >= 15 is 0 Å². The van der Waals surface area contributed by atoms with E-state index in [0.29, 0.717) is 23.6 Å². The number of aliphatic hydroxyl groups is 1. The predicted molar refractivity (Wildman–Crippen MR) is 114 cm³/mol. The van der Waals surface area contributed by atoms with Crippen LogP contribution in [0.3, 0.4) is 0 Å². The van der Waals surface area contributed by atoms with E-state index in [9.17, 15) is 19.1 Å². The number of ether oxygens (including phenoxy) is 2. The molecule has 1 fully saturated rings. The highest BCUT2D eigenvalue weighted by Crippen LogP contribution is 2.43. The van der Waals surface area contributed by atoms with E-state index in [0.717, 1.165) is 0 Å². The lowest BCUT2D eigenvalue weighted by Gasteiger charge is -2.28. The van der Waals surface area contributed by atoms with Crippen LogP contribution in [0.2, 0.25) is 0 Å². The molecule has 0 aliphatic carbocycles. The lowest BCUT2D eigenvalue weighted by molar-refractivity contribution is -0.140. The first kappa shape index (κ1) is 22.3. The van der Waals surface area contributed by atoms with Crippen molar-refractivity contribution in [2.75, 3.05) is 41.4 Å². The highest BCUT2D eigenvalue weighted by Gasteiger charge is 2.47. The second kappa shape index (κ2) is 9.18. The van der Waals surface area contributed by atoms with Gasteiger partial charge in [-0.2, -0.15) is 0 Å². The second-order valence-electron chi connectivity index (χ2n) is 7.41. The number of Topliss-reactive ketones (excluding diaryl/α,β-unsaturated/α-hetero) is 1. The number of aliphatic hydroxyl groups excluding tert-OH is 1. The van der Waals surface area contributed by atoms with Crippen LogP contribution in [0.15, 0.2) is 48.0 Å². The van der Waals surface area contributed by atoms with Gasteiger partial charge in [0, 0.05) is 24.2 Å². The summed E-state index contributed by atoms with van der Waals surface area (Å²) >= 11 is 0. The average Bonchev–Trinajstić information content (AvgIpc) is 3.01. The molecule has 7 nitrogen and oxygen atoms in total. The minimum Gasteiger partial charge on any atom is -0.507 e. The van der Waals surface area contributed by atoms with Crippen LogP contribution in [0, 0.1) is 5.82 Å². The first-order valence-corrected chi connectivity index (χ1v) is 9.69. The van der Waals surface area contributed by atoms with Crippen LogP contribution in [0.25, 0.3) is 5.76 Å². The minimum atomic E-state index is -0.893. The second-order valence-corrected chi connectivity index (χ2v) is 7.41. The number of carbonyl (C=O) groups excluding carboxylic acids is 2. The van der Waals surface area contributed by atoms with Crippen molar-refractivity contribution < 1.29 is 28.6 Å². The number of likely N-dealkylation sites (N-methyl/N-ethyl adjacent to an activating group) is 1. The number of halogens is 1. The molecule has 3 rings (SSSR count). The molecule has 1 aliphatic rings. The van der Waals surface area contributed by atoms with E-state index < -0.39 is 23.5 Å². The number of rotatable bonds is 7.